The second kappa shape index (κ2) is 7.79. The molecule has 0 radical (unpaired) electrons. The summed E-state index contributed by atoms with van der Waals surface area (Å²) >= 11 is 0. The van der Waals surface area contributed by atoms with Crippen LogP contribution in [0.1, 0.15) is 6.92 Å². The van der Waals surface area contributed by atoms with Crippen LogP contribution in [0.4, 0.5) is 20.2 Å². The van der Waals surface area contributed by atoms with Crippen molar-refractivity contribution in [2.75, 3.05) is 30.7 Å². The Labute approximate surface area is 157 Å². The van der Waals surface area contributed by atoms with E-state index in [1.54, 1.807) is 6.92 Å². The van der Waals surface area contributed by atoms with Crippen LogP contribution >= 0.6 is 0 Å². The fourth-order valence-electron chi connectivity index (χ4n) is 2.21. The average molecular weight is 419 g/mol. The molecule has 0 aliphatic carbocycles. The fraction of sp³-hybridized carbons (Fsp3) is 0.250. The number of anilines is 2. The summed E-state index contributed by atoms with van der Waals surface area (Å²) < 4.78 is 80.0. The second-order valence-electron chi connectivity index (χ2n) is 5.71. The third kappa shape index (κ3) is 4.54. The predicted molar refractivity (Wildman–Crippen MR) is 98.6 cm³/mol. The molecule has 0 aromatic heterocycles. The van der Waals surface area contributed by atoms with Crippen LogP contribution in [0.5, 0.6) is 0 Å². The number of benzene rings is 2. The summed E-state index contributed by atoms with van der Waals surface area (Å²) in [5.74, 6) is -2.06. The topological polar surface area (TPSA) is 95.6 Å². The molecule has 7 nitrogen and oxygen atoms in total. The van der Waals surface area contributed by atoms with Crippen molar-refractivity contribution in [2.24, 2.45) is 0 Å². The molecule has 0 bridgehead atoms. The summed E-state index contributed by atoms with van der Waals surface area (Å²) in [5, 5.41) is 2.88. The fourth-order valence-corrected chi connectivity index (χ4v) is 4.30. The smallest absolute Gasteiger partial charge is 0.264 e. The summed E-state index contributed by atoms with van der Waals surface area (Å²) in [7, 11) is -5.67. The maximum Gasteiger partial charge on any atom is 0.264 e. The number of nitrogens with one attached hydrogen (secondary N) is 2. The van der Waals surface area contributed by atoms with E-state index in [2.05, 4.69) is 10.0 Å². The number of halogens is 2. The highest BCUT2D eigenvalue weighted by atomic mass is 32.2. The van der Waals surface area contributed by atoms with Gasteiger partial charge < -0.3 is 5.32 Å². The molecule has 0 saturated carbocycles. The molecule has 2 rings (SSSR count). The SMILES string of the molecule is CCNc1ccc(S(=O)(=O)N(C)C)cc1NS(=O)(=O)c1cc(F)ccc1F. The normalized spacial score (nSPS) is 12.2. The largest absolute Gasteiger partial charge is 0.384 e. The molecule has 0 aliphatic rings. The van der Waals surface area contributed by atoms with Gasteiger partial charge in [0.25, 0.3) is 10.0 Å². The lowest BCUT2D eigenvalue weighted by molar-refractivity contribution is 0.520. The predicted octanol–water partition coefficient (Wildman–Crippen LogP) is 2.45. The maximum absolute atomic E-state index is 13.9. The molecule has 0 unspecified atom stereocenters. The second-order valence-corrected chi connectivity index (χ2v) is 9.51. The lowest BCUT2D eigenvalue weighted by atomic mass is 10.2. The molecule has 2 N–H and O–H groups in total. The number of sulfonamides is 2. The Morgan fingerprint density at radius 3 is 2.22 bits per heavy atom. The minimum atomic E-state index is -4.50. The van der Waals surface area contributed by atoms with E-state index in [-0.39, 0.29) is 16.3 Å². The summed E-state index contributed by atoms with van der Waals surface area (Å²) in [5.41, 5.74) is 0.180. The van der Waals surface area contributed by atoms with Crippen molar-refractivity contribution in [3.63, 3.8) is 0 Å². The van der Waals surface area contributed by atoms with Gasteiger partial charge in [0.05, 0.1) is 16.3 Å². The molecule has 2 aromatic carbocycles. The summed E-state index contributed by atoms with van der Waals surface area (Å²) in [6.07, 6.45) is 0. The van der Waals surface area contributed by atoms with Crippen LogP contribution in [-0.4, -0.2) is 41.8 Å². The zero-order valence-corrected chi connectivity index (χ0v) is 16.5. The van der Waals surface area contributed by atoms with Gasteiger partial charge in [0.2, 0.25) is 10.0 Å². The van der Waals surface area contributed by atoms with E-state index in [0.29, 0.717) is 18.7 Å². The lowest BCUT2D eigenvalue weighted by Crippen LogP contribution is -2.23. The molecule has 11 heteroatoms. The van der Waals surface area contributed by atoms with Crippen LogP contribution in [0.15, 0.2) is 46.2 Å². The Bertz CT molecular complexity index is 1060. The molecule has 27 heavy (non-hydrogen) atoms. The van der Waals surface area contributed by atoms with Crippen molar-refractivity contribution in [3.8, 4) is 0 Å². The number of rotatable bonds is 7. The monoisotopic (exact) mass is 419 g/mol. The molecule has 0 fully saturated rings. The maximum atomic E-state index is 13.9. The Morgan fingerprint density at radius 1 is 0.963 bits per heavy atom. The van der Waals surface area contributed by atoms with E-state index in [4.69, 9.17) is 0 Å². The minimum Gasteiger partial charge on any atom is -0.384 e. The first kappa shape index (κ1) is 21.1. The molecule has 148 valence electrons. The molecular formula is C16H19F2N3O4S2. The third-order valence-electron chi connectivity index (χ3n) is 3.56. The number of nitrogens with zero attached hydrogens (tertiary/aromatic N) is 1. The molecular weight excluding hydrogens is 400 g/mol. The first-order chi connectivity index (χ1) is 12.5. The summed E-state index contributed by atoms with van der Waals surface area (Å²) in [6, 6.07) is 5.85. The van der Waals surface area contributed by atoms with E-state index in [1.165, 1.54) is 26.2 Å². The van der Waals surface area contributed by atoms with Gasteiger partial charge in [-0.2, -0.15) is 0 Å². The van der Waals surface area contributed by atoms with Gasteiger partial charge in [-0.15, -0.1) is 0 Å². The van der Waals surface area contributed by atoms with E-state index in [0.717, 1.165) is 16.4 Å². The van der Waals surface area contributed by atoms with Gasteiger partial charge in [-0.3, -0.25) is 4.72 Å². The third-order valence-corrected chi connectivity index (χ3v) is 6.76. The van der Waals surface area contributed by atoms with Gasteiger partial charge in [0, 0.05) is 20.6 Å². The zero-order valence-electron chi connectivity index (χ0n) is 14.8. The van der Waals surface area contributed by atoms with E-state index < -0.39 is 36.6 Å². The number of hydrogen-bond donors (Lipinski definition) is 2. The van der Waals surface area contributed by atoms with Crippen molar-refractivity contribution in [3.05, 3.63) is 48.0 Å². The summed E-state index contributed by atoms with van der Waals surface area (Å²) in [6.45, 7) is 2.18. The first-order valence-electron chi connectivity index (χ1n) is 7.77. The van der Waals surface area contributed by atoms with Crippen molar-refractivity contribution in [1.29, 1.82) is 0 Å². The first-order valence-corrected chi connectivity index (χ1v) is 10.7. The quantitative estimate of drug-likeness (QED) is 0.719. The lowest BCUT2D eigenvalue weighted by Gasteiger charge is -2.17. The Hall–Kier alpha value is -2.24. The van der Waals surface area contributed by atoms with Gasteiger partial charge in [-0.25, -0.2) is 29.9 Å². The standard InChI is InChI=1S/C16H19F2N3O4S2/c1-4-19-14-8-6-12(27(24,25)21(2)3)10-15(14)20-26(22,23)16-9-11(17)5-7-13(16)18/h5-10,19-20H,4H2,1-3H3. The molecule has 2 aromatic rings. The highest BCUT2D eigenvalue weighted by Gasteiger charge is 2.24. The van der Waals surface area contributed by atoms with Crippen LogP contribution in [0.2, 0.25) is 0 Å². The van der Waals surface area contributed by atoms with Crippen LogP contribution in [-0.2, 0) is 20.0 Å². The summed E-state index contributed by atoms with van der Waals surface area (Å²) in [4.78, 5) is -1.04. The molecule has 0 spiro atoms. The van der Waals surface area contributed by atoms with Gasteiger partial charge in [-0.05, 0) is 43.3 Å². The van der Waals surface area contributed by atoms with Crippen LogP contribution < -0.4 is 10.0 Å². The highest BCUT2D eigenvalue weighted by molar-refractivity contribution is 7.92. The Morgan fingerprint density at radius 2 is 1.63 bits per heavy atom. The highest BCUT2D eigenvalue weighted by Crippen LogP contribution is 2.29. The molecule has 0 heterocycles. The molecule has 0 atom stereocenters. The van der Waals surface area contributed by atoms with Crippen LogP contribution in [0.3, 0.4) is 0 Å². The molecule has 0 aliphatic heterocycles. The van der Waals surface area contributed by atoms with Crippen LogP contribution in [0, 0.1) is 11.6 Å². The molecule has 0 amide bonds. The van der Waals surface area contributed by atoms with Crippen LogP contribution in [0.25, 0.3) is 0 Å². The van der Waals surface area contributed by atoms with E-state index in [1.807, 2.05) is 0 Å². The van der Waals surface area contributed by atoms with E-state index in [9.17, 15) is 25.6 Å². The van der Waals surface area contributed by atoms with Crippen molar-refractivity contribution in [1.82, 2.24) is 4.31 Å². The van der Waals surface area contributed by atoms with Gasteiger partial charge in [0.15, 0.2) is 0 Å². The Kier molecular flexibility index (Phi) is 6.07. The average Bonchev–Trinajstić information content (AvgIpc) is 2.58. The van der Waals surface area contributed by atoms with E-state index >= 15 is 0 Å². The van der Waals surface area contributed by atoms with Crippen molar-refractivity contribution < 1.29 is 25.6 Å². The van der Waals surface area contributed by atoms with Gasteiger partial charge >= 0.3 is 0 Å². The minimum absolute atomic E-state index is 0.108. The Balaban J connectivity index is 2.57. The number of hydrogen-bond acceptors (Lipinski definition) is 5. The molecule has 0 saturated heterocycles. The van der Waals surface area contributed by atoms with Crippen molar-refractivity contribution >= 4 is 31.4 Å². The van der Waals surface area contributed by atoms with Gasteiger partial charge in [-0.1, -0.05) is 0 Å². The zero-order chi connectivity index (χ0) is 20.4. The van der Waals surface area contributed by atoms with Crippen molar-refractivity contribution in [2.45, 2.75) is 16.7 Å². The van der Waals surface area contributed by atoms with Gasteiger partial charge in [0.1, 0.15) is 16.5 Å².